The average Bonchev–Trinajstić information content (AvgIpc) is 2.56. The third-order valence-corrected chi connectivity index (χ3v) is 4.02. The van der Waals surface area contributed by atoms with Crippen molar-refractivity contribution in [2.75, 3.05) is 25.0 Å². The number of aliphatic hydroxyl groups is 1. The lowest BCUT2D eigenvalue weighted by molar-refractivity contribution is 0.189. The summed E-state index contributed by atoms with van der Waals surface area (Å²) in [4.78, 5) is 14.1. The summed E-state index contributed by atoms with van der Waals surface area (Å²) in [6.45, 7) is 4.86. The fourth-order valence-electron chi connectivity index (χ4n) is 2.43. The van der Waals surface area contributed by atoms with E-state index in [1.165, 1.54) is 5.56 Å². The molecule has 122 valence electrons. The van der Waals surface area contributed by atoms with Gasteiger partial charge in [-0.2, -0.15) is 0 Å². The molecule has 0 radical (unpaired) electrons. The van der Waals surface area contributed by atoms with E-state index in [4.69, 9.17) is 0 Å². The number of benzene rings is 2. The summed E-state index contributed by atoms with van der Waals surface area (Å²) in [5.41, 5.74) is 4.20. The Kier molecular flexibility index (Phi) is 6.18. The van der Waals surface area contributed by atoms with Gasteiger partial charge in [0.25, 0.3) is 0 Å². The molecule has 0 spiro atoms. The Balaban J connectivity index is 2.01. The van der Waals surface area contributed by atoms with Crippen molar-refractivity contribution >= 4 is 11.7 Å². The molecule has 23 heavy (non-hydrogen) atoms. The van der Waals surface area contributed by atoms with Crippen LogP contribution in [-0.2, 0) is 6.42 Å². The number of amides is 2. The Morgan fingerprint density at radius 3 is 2.48 bits per heavy atom. The zero-order valence-corrected chi connectivity index (χ0v) is 13.7. The van der Waals surface area contributed by atoms with E-state index in [-0.39, 0.29) is 12.6 Å². The van der Waals surface area contributed by atoms with Crippen LogP contribution in [0.4, 0.5) is 10.5 Å². The number of anilines is 1. The van der Waals surface area contributed by atoms with Crippen molar-refractivity contribution in [1.29, 1.82) is 0 Å². The summed E-state index contributed by atoms with van der Waals surface area (Å²) in [5, 5.41) is 12.2. The highest BCUT2D eigenvalue weighted by Crippen LogP contribution is 2.18. The van der Waals surface area contributed by atoms with Crippen LogP contribution < -0.4 is 5.32 Å². The fraction of sp³-hybridized carbons (Fsp3) is 0.316. The van der Waals surface area contributed by atoms with Gasteiger partial charge in [-0.3, -0.25) is 0 Å². The summed E-state index contributed by atoms with van der Waals surface area (Å²) < 4.78 is 0. The van der Waals surface area contributed by atoms with E-state index in [0.717, 1.165) is 23.2 Å². The molecule has 0 heterocycles. The lowest BCUT2D eigenvalue weighted by Crippen LogP contribution is -2.38. The number of rotatable bonds is 6. The molecule has 0 bridgehead atoms. The number of hydrogen-bond acceptors (Lipinski definition) is 2. The van der Waals surface area contributed by atoms with Crippen LogP contribution in [0.15, 0.2) is 48.5 Å². The van der Waals surface area contributed by atoms with E-state index in [1.807, 2.05) is 62.4 Å². The van der Waals surface area contributed by atoms with E-state index >= 15 is 0 Å². The van der Waals surface area contributed by atoms with Crippen molar-refractivity contribution in [3.8, 4) is 0 Å². The van der Waals surface area contributed by atoms with Gasteiger partial charge in [0.15, 0.2) is 0 Å². The maximum atomic E-state index is 12.5. The molecular weight excluding hydrogens is 288 g/mol. The first-order valence-electron chi connectivity index (χ1n) is 7.88. The van der Waals surface area contributed by atoms with Gasteiger partial charge in [-0.05, 0) is 43.0 Å². The van der Waals surface area contributed by atoms with Crippen molar-refractivity contribution < 1.29 is 9.90 Å². The molecule has 0 saturated heterocycles. The number of urea groups is 1. The Hall–Kier alpha value is -2.33. The van der Waals surface area contributed by atoms with Gasteiger partial charge in [-0.25, -0.2) is 4.79 Å². The molecule has 0 aliphatic rings. The first kappa shape index (κ1) is 17.0. The summed E-state index contributed by atoms with van der Waals surface area (Å²) in [7, 11) is 0. The fourth-order valence-corrected chi connectivity index (χ4v) is 2.43. The van der Waals surface area contributed by atoms with Crippen LogP contribution in [-0.4, -0.2) is 35.7 Å². The van der Waals surface area contributed by atoms with E-state index in [0.29, 0.717) is 13.1 Å². The first-order chi connectivity index (χ1) is 11.1. The maximum absolute atomic E-state index is 12.5. The molecule has 2 aromatic carbocycles. The van der Waals surface area contributed by atoms with Crippen LogP contribution in [0, 0.1) is 13.8 Å². The van der Waals surface area contributed by atoms with Crippen molar-refractivity contribution in [2.24, 2.45) is 0 Å². The molecule has 4 heteroatoms. The van der Waals surface area contributed by atoms with Gasteiger partial charge in [0, 0.05) is 18.8 Å². The summed E-state index contributed by atoms with van der Waals surface area (Å²) >= 11 is 0. The Bertz CT molecular complexity index is 641. The maximum Gasteiger partial charge on any atom is 0.321 e. The second-order valence-corrected chi connectivity index (χ2v) is 5.62. The van der Waals surface area contributed by atoms with Gasteiger partial charge >= 0.3 is 6.03 Å². The van der Waals surface area contributed by atoms with Crippen molar-refractivity contribution in [2.45, 2.75) is 20.3 Å². The number of aryl methyl sites for hydroxylation is 1. The van der Waals surface area contributed by atoms with Gasteiger partial charge in [-0.1, -0.05) is 42.5 Å². The summed E-state index contributed by atoms with van der Waals surface area (Å²) in [5.74, 6) is 0. The van der Waals surface area contributed by atoms with Crippen LogP contribution in [0.3, 0.4) is 0 Å². The topological polar surface area (TPSA) is 52.6 Å². The Morgan fingerprint density at radius 1 is 1.04 bits per heavy atom. The number of aliphatic hydroxyl groups excluding tert-OH is 1. The molecule has 2 amide bonds. The van der Waals surface area contributed by atoms with Crippen LogP contribution in [0.25, 0.3) is 0 Å². The van der Waals surface area contributed by atoms with Crippen LogP contribution in [0.2, 0.25) is 0 Å². The number of nitrogens with zero attached hydrogens (tertiary/aromatic N) is 1. The third kappa shape index (κ3) is 4.83. The molecule has 2 N–H and O–H groups in total. The third-order valence-electron chi connectivity index (χ3n) is 4.02. The van der Waals surface area contributed by atoms with Crippen molar-refractivity contribution in [1.82, 2.24) is 4.90 Å². The predicted octanol–water partition coefficient (Wildman–Crippen LogP) is 3.37. The lowest BCUT2D eigenvalue weighted by Gasteiger charge is -2.23. The molecule has 0 aliphatic carbocycles. The number of nitrogens with one attached hydrogen (secondary N) is 1. The molecule has 2 aromatic rings. The minimum absolute atomic E-state index is 0.0466. The normalized spacial score (nSPS) is 10.4. The van der Waals surface area contributed by atoms with E-state index < -0.39 is 0 Å². The highest BCUT2D eigenvalue weighted by molar-refractivity contribution is 5.90. The van der Waals surface area contributed by atoms with Gasteiger partial charge in [0.1, 0.15) is 0 Å². The predicted molar refractivity (Wildman–Crippen MR) is 93.7 cm³/mol. The molecule has 0 fully saturated rings. The number of carbonyl (C=O) groups is 1. The van der Waals surface area contributed by atoms with Crippen molar-refractivity contribution in [3.05, 3.63) is 65.2 Å². The summed E-state index contributed by atoms with van der Waals surface area (Å²) in [6.07, 6.45) is 0.765. The van der Waals surface area contributed by atoms with E-state index in [9.17, 15) is 9.90 Å². The smallest absolute Gasteiger partial charge is 0.321 e. The molecular formula is C19H24N2O2. The second kappa shape index (κ2) is 8.34. The van der Waals surface area contributed by atoms with E-state index in [1.54, 1.807) is 4.90 Å². The molecule has 0 atom stereocenters. The quantitative estimate of drug-likeness (QED) is 0.859. The molecule has 0 saturated carbocycles. The number of hydrogen-bond donors (Lipinski definition) is 2. The first-order valence-corrected chi connectivity index (χ1v) is 7.88. The van der Waals surface area contributed by atoms with Crippen LogP contribution in [0.1, 0.15) is 16.7 Å². The lowest BCUT2D eigenvalue weighted by atomic mass is 10.1. The number of carbonyl (C=O) groups excluding carboxylic acids is 1. The molecule has 0 aromatic heterocycles. The zero-order chi connectivity index (χ0) is 16.7. The highest BCUT2D eigenvalue weighted by Gasteiger charge is 2.14. The average molecular weight is 312 g/mol. The zero-order valence-electron chi connectivity index (χ0n) is 13.7. The minimum Gasteiger partial charge on any atom is -0.395 e. The molecule has 0 unspecified atom stereocenters. The van der Waals surface area contributed by atoms with Crippen molar-refractivity contribution in [3.63, 3.8) is 0 Å². The summed E-state index contributed by atoms with van der Waals surface area (Å²) in [6, 6.07) is 15.7. The standard InChI is InChI=1S/C19H24N2O2/c1-15-7-6-10-18(16(15)2)20-19(23)21(13-14-22)12-11-17-8-4-3-5-9-17/h3-10,22H,11-14H2,1-2H3,(H,20,23). The van der Waals surface area contributed by atoms with Gasteiger partial charge in [0.2, 0.25) is 0 Å². The SMILES string of the molecule is Cc1cccc(NC(=O)N(CCO)CCc2ccccc2)c1C. The van der Waals surface area contributed by atoms with Gasteiger partial charge < -0.3 is 15.3 Å². The minimum atomic E-state index is -0.177. The van der Waals surface area contributed by atoms with E-state index in [2.05, 4.69) is 5.32 Å². The monoisotopic (exact) mass is 312 g/mol. The Morgan fingerprint density at radius 2 is 1.78 bits per heavy atom. The van der Waals surface area contributed by atoms with Gasteiger partial charge in [-0.15, -0.1) is 0 Å². The van der Waals surface area contributed by atoms with Crippen LogP contribution in [0.5, 0.6) is 0 Å². The highest BCUT2D eigenvalue weighted by atomic mass is 16.3. The largest absolute Gasteiger partial charge is 0.395 e. The Labute approximate surface area is 137 Å². The molecule has 0 aliphatic heterocycles. The molecule has 2 rings (SSSR count). The second-order valence-electron chi connectivity index (χ2n) is 5.62. The van der Waals surface area contributed by atoms with Gasteiger partial charge in [0.05, 0.1) is 6.61 Å². The van der Waals surface area contributed by atoms with Crippen LogP contribution >= 0.6 is 0 Å². The molecule has 4 nitrogen and oxygen atoms in total.